The maximum absolute atomic E-state index is 12.3. The normalized spacial score (nSPS) is 11.3. The molecule has 2 rings (SSSR count). The van der Waals surface area contributed by atoms with Gasteiger partial charge in [0, 0.05) is 19.2 Å². The number of hydrogen-bond acceptors (Lipinski definition) is 3. The molecule has 0 aliphatic carbocycles. The zero-order valence-corrected chi connectivity index (χ0v) is 14.6. The summed E-state index contributed by atoms with van der Waals surface area (Å²) in [6.07, 6.45) is 5.17. The number of nitrogens with one attached hydrogen (secondary N) is 2. The first-order chi connectivity index (χ1) is 12.7. The highest BCUT2D eigenvalue weighted by molar-refractivity contribution is 6.03. The van der Waals surface area contributed by atoms with Crippen molar-refractivity contribution in [1.29, 1.82) is 0 Å². The van der Waals surface area contributed by atoms with Crippen LogP contribution in [0.5, 0.6) is 0 Å². The number of allylic oxidation sites excluding steroid dienone is 2. The molecule has 2 aromatic carbocycles. The zero-order valence-electron chi connectivity index (χ0n) is 14.6. The number of methoxy groups -OCH3 is 1. The molecule has 5 heteroatoms. The summed E-state index contributed by atoms with van der Waals surface area (Å²) in [5, 5.41) is 5.37. The summed E-state index contributed by atoms with van der Waals surface area (Å²) in [6.45, 7) is 0.752. The van der Waals surface area contributed by atoms with Crippen molar-refractivity contribution in [3.8, 4) is 0 Å². The van der Waals surface area contributed by atoms with Crippen molar-refractivity contribution in [2.75, 3.05) is 20.3 Å². The first-order valence-electron chi connectivity index (χ1n) is 8.27. The Morgan fingerprint density at radius 1 is 1.00 bits per heavy atom. The third-order valence-electron chi connectivity index (χ3n) is 3.47. The number of ether oxygens (including phenoxy) is 1. The summed E-state index contributed by atoms with van der Waals surface area (Å²) < 4.78 is 4.93. The molecule has 0 atom stereocenters. The fraction of sp³-hybridized carbons (Fsp3) is 0.143. The first kappa shape index (κ1) is 19.1. The first-order valence-corrected chi connectivity index (χ1v) is 8.27. The predicted octanol–water partition coefficient (Wildman–Crippen LogP) is 2.78. The quantitative estimate of drug-likeness (QED) is 0.437. The molecule has 0 radical (unpaired) electrons. The minimum Gasteiger partial charge on any atom is -0.383 e. The van der Waals surface area contributed by atoms with E-state index in [9.17, 15) is 9.59 Å². The van der Waals surface area contributed by atoms with Crippen molar-refractivity contribution < 1.29 is 14.3 Å². The smallest absolute Gasteiger partial charge is 0.267 e. The van der Waals surface area contributed by atoms with E-state index in [0.717, 1.165) is 5.56 Å². The topological polar surface area (TPSA) is 67.4 Å². The molecule has 5 nitrogen and oxygen atoms in total. The van der Waals surface area contributed by atoms with Crippen LogP contribution in [0.3, 0.4) is 0 Å². The van der Waals surface area contributed by atoms with Crippen molar-refractivity contribution in [3.05, 3.63) is 89.6 Å². The van der Waals surface area contributed by atoms with Gasteiger partial charge in [-0.3, -0.25) is 9.59 Å². The van der Waals surface area contributed by atoms with E-state index < -0.39 is 0 Å². The van der Waals surface area contributed by atoms with Gasteiger partial charge in [-0.15, -0.1) is 0 Å². The lowest BCUT2D eigenvalue weighted by Gasteiger charge is -2.10. The largest absolute Gasteiger partial charge is 0.383 e. The van der Waals surface area contributed by atoms with Crippen LogP contribution >= 0.6 is 0 Å². The average molecular weight is 350 g/mol. The van der Waals surface area contributed by atoms with Gasteiger partial charge in [-0.2, -0.15) is 0 Å². The highest BCUT2D eigenvalue weighted by atomic mass is 16.5. The molecular formula is C21H22N2O3. The minimum absolute atomic E-state index is 0.169. The molecule has 26 heavy (non-hydrogen) atoms. The molecule has 134 valence electrons. The van der Waals surface area contributed by atoms with Crippen LogP contribution < -0.4 is 10.6 Å². The molecule has 0 spiro atoms. The second-order valence-corrected chi connectivity index (χ2v) is 5.42. The standard InChI is InChI=1S/C21H22N2O3/c1-26-16-15-22-21(25)19(14-8-11-17-9-4-2-5-10-17)23-20(24)18-12-6-3-7-13-18/h2-14H,15-16H2,1H3,(H,22,25)(H,23,24)/b11-8-,19-14-. The molecule has 2 N–H and O–H groups in total. The van der Waals surface area contributed by atoms with Crippen molar-refractivity contribution >= 4 is 17.9 Å². The summed E-state index contributed by atoms with van der Waals surface area (Å²) in [5.74, 6) is -0.712. The summed E-state index contributed by atoms with van der Waals surface area (Å²) in [4.78, 5) is 24.7. The molecule has 0 aliphatic rings. The van der Waals surface area contributed by atoms with Crippen LogP contribution in [0, 0.1) is 0 Å². The predicted molar refractivity (Wildman–Crippen MR) is 102 cm³/mol. The van der Waals surface area contributed by atoms with E-state index >= 15 is 0 Å². The van der Waals surface area contributed by atoms with Crippen LogP contribution in [-0.2, 0) is 9.53 Å². The lowest BCUT2D eigenvalue weighted by Crippen LogP contribution is -2.36. The summed E-state index contributed by atoms with van der Waals surface area (Å²) >= 11 is 0. The number of carbonyl (C=O) groups excluding carboxylic acids is 2. The third-order valence-corrected chi connectivity index (χ3v) is 3.47. The zero-order chi connectivity index (χ0) is 18.6. The minimum atomic E-state index is -0.371. The summed E-state index contributed by atoms with van der Waals surface area (Å²) in [5.41, 5.74) is 1.65. The average Bonchev–Trinajstić information content (AvgIpc) is 2.68. The Balaban J connectivity index is 2.12. The van der Waals surface area contributed by atoms with Crippen LogP contribution in [0.4, 0.5) is 0 Å². The maximum Gasteiger partial charge on any atom is 0.267 e. The molecule has 0 unspecified atom stereocenters. The highest BCUT2D eigenvalue weighted by Gasteiger charge is 2.13. The lowest BCUT2D eigenvalue weighted by atomic mass is 10.2. The number of benzene rings is 2. The molecule has 0 heterocycles. The van der Waals surface area contributed by atoms with Crippen LogP contribution in [0.25, 0.3) is 6.08 Å². The Morgan fingerprint density at radius 3 is 2.31 bits per heavy atom. The van der Waals surface area contributed by atoms with Gasteiger partial charge in [0.25, 0.3) is 11.8 Å². The Bertz CT molecular complexity index is 768. The van der Waals surface area contributed by atoms with Gasteiger partial charge in [-0.05, 0) is 23.8 Å². The number of hydrogen-bond donors (Lipinski definition) is 2. The number of amides is 2. The number of rotatable bonds is 8. The molecule has 2 aromatic rings. The van der Waals surface area contributed by atoms with Gasteiger partial charge in [0.05, 0.1) is 6.61 Å². The van der Waals surface area contributed by atoms with E-state index in [0.29, 0.717) is 18.7 Å². The van der Waals surface area contributed by atoms with Crippen LogP contribution in [0.15, 0.2) is 78.5 Å². The van der Waals surface area contributed by atoms with Crippen molar-refractivity contribution in [2.24, 2.45) is 0 Å². The van der Waals surface area contributed by atoms with E-state index in [-0.39, 0.29) is 17.5 Å². The third kappa shape index (κ3) is 6.37. The fourth-order valence-corrected chi connectivity index (χ4v) is 2.14. The van der Waals surface area contributed by atoms with Crippen molar-refractivity contribution in [3.63, 3.8) is 0 Å². The van der Waals surface area contributed by atoms with E-state index in [1.807, 2.05) is 42.5 Å². The summed E-state index contributed by atoms with van der Waals surface area (Å²) in [6, 6.07) is 18.4. The Kier molecular flexibility index (Phi) is 7.83. The summed E-state index contributed by atoms with van der Waals surface area (Å²) in [7, 11) is 1.56. The van der Waals surface area contributed by atoms with Gasteiger partial charge in [-0.1, -0.05) is 60.7 Å². The molecule has 0 saturated heterocycles. The van der Waals surface area contributed by atoms with Crippen LogP contribution in [0.1, 0.15) is 15.9 Å². The Labute approximate surface area is 153 Å². The van der Waals surface area contributed by atoms with Crippen molar-refractivity contribution in [1.82, 2.24) is 10.6 Å². The fourth-order valence-electron chi connectivity index (χ4n) is 2.14. The van der Waals surface area contributed by atoms with Gasteiger partial charge >= 0.3 is 0 Å². The molecular weight excluding hydrogens is 328 g/mol. The van der Waals surface area contributed by atoms with E-state index in [1.165, 1.54) is 0 Å². The molecule has 0 bridgehead atoms. The van der Waals surface area contributed by atoms with E-state index in [2.05, 4.69) is 10.6 Å². The Morgan fingerprint density at radius 2 is 1.65 bits per heavy atom. The molecule has 0 saturated carbocycles. The van der Waals surface area contributed by atoms with Gasteiger partial charge in [-0.25, -0.2) is 0 Å². The van der Waals surface area contributed by atoms with Gasteiger partial charge in [0.1, 0.15) is 5.70 Å². The molecule has 0 aromatic heterocycles. The second-order valence-electron chi connectivity index (χ2n) is 5.42. The van der Waals surface area contributed by atoms with Gasteiger partial charge in [0.15, 0.2) is 0 Å². The molecule has 0 fully saturated rings. The van der Waals surface area contributed by atoms with E-state index in [1.54, 1.807) is 43.5 Å². The maximum atomic E-state index is 12.3. The molecule has 0 aliphatic heterocycles. The number of carbonyl (C=O) groups is 2. The monoisotopic (exact) mass is 350 g/mol. The second kappa shape index (κ2) is 10.6. The van der Waals surface area contributed by atoms with Crippen LogP contribution in [0.2, 0.25) is 0 Å². The van der Waals surface area contributed by atoms with Crippen LogP contribution in [-0.4, -0.2) is 32.1 Å². The van der Waals surface area contributed by atoms with E-state index in [4.69, 9.17) is 4.74 Å². The lowest BCUT2D eigenvalue weighted by molar-refractivity contribution is -0.118. The van der Waals surface area contributed by atoms with Gasteiger partial charge in [0.2, 0.25) is 0 Å². The Hall–Kier alpha value is -3.18. The van der Waals surface area contributed by atoms with Gasteiger partial charge < -0.3 is 15.4 Å². The molecule has 2 amide bonds. The highest BCUT2D eigenvalue weighted by Crippen LogP contribution is 2.04. The SMILES string of the molecule is COCCNC(=O)/C(=C/C=C\c1ccccc1)NC(=O)c1ccccc1. The van der Waals surface area contributed by atoms with Crippen molar-refractivity contribution in [2.45, 2.75) is 0 Å².